The molecule has 1 aliphatic heterocycles. The Kier molecular flexibility index (Phi) is 4.06. The largest absolute Gasteiger partial charge is 0.338 e. The molecule has 0 spiro atoms. The molecule has 0 bridgehead atoms. The molecule has 1 atom stereocenters. The summed E-state index contributed by atoms with van der Waals surface area (Å²) >= 11 is 0. The highest BCUT2D eigenvalue weighted by Crippen LogP contribution is 2.19. The third-order valence-corrected chi connectivity index (χ3v) is 2.69. The zero-order valence-corrected chi connectivity index (χ0v) is 8.68. The number of nitrogens with one attached hydrogen (secondary N) is 1. The van der Waals surface area contributed by atoms with Crippen molar-refractivity contribution < 1.29 is 4.79 Å². The van der Waals surface area contributed by atoms with E-state index in [1.807, 2.05) is 11.8 Å². The summed E-state index contributed by atoms with van der Waals surface area (Å²) in [4.78, 5) is 13.6. The van der Waals surface area contributed by atoms with Gasteiger partial charge in [0.1, 0.15) is 0 Å². The number of likely N-dealkylation sites (tertiary alicyclic amines) is 1. The van der Waals surface area contributed by atoms with Crippen LogP contribution in [0.4, 0.5) is 4.79 Å². The standard InChI is InChI=1S/C10H20N2O/c1-3-9-7-5-6-8-12(9)10(13)11-4-2/h9H,3-8H2,1-2H3,(H,11,13). The monoisotopic (exact) mass is 184 g/mol. The first kappa shape index (κ1) is 10.4. The highest BCUT2D eigenvalue weighted by Gasteiger charge is 2.24. The van der Waals surface area contributed by atoms with Gasteiger partial charge in [-0.1, -0.05) is 6.92 Å². The predicted molar refractivity (Wildman–Crippen MR) is 53.7 cm³/mol. The normalized spacial score (nSPS) is 22.9. The molecule has 1 aliphatic rings. The number of hydrogen-bond donors (Lipinski definition) is 1. The van der Waals surface area contributed by atoms with E-state index in [1.54, 1.807) is 0 Å². The van der Waals surface area contributed by atoms with Crippen molar-refractivity contribution in [2.75, 3.05) is 13.1 Å². The number of rotatable bonds is 2. The van der Waals surface area contributed by atoms with Crippen molar-refractivity contribution in [3.63, 3.8) is 0 Å². The lowest BCUT2D eigenvalue weighted by atomic mass is 10.0. The maximum absolute atomic E-state index is 11.6. The molecule has 3 heteroatoms. The zero-order chi connectivity index (χ0) is 9.68. The van der Waals surface area contributed by atoms with Gasteiger partial charge in [-0.15, -0.1) is 0 Å². The predicted octanol–water partition coefficient (Wildman–Crippen LogP) is 1.98. The third-order valence-electron chi connectivity index (χ3n) is 2.69. The van der Waals surface area contributed by atoms with Gasteiger partial charge in [0.2, 0.25) is 0 Å². The van der Waals surface area contributed by atoms with Gasteiger partial charge in [-0.25, -0.2) is 4.79 Å². The molecule has 0 aromatic carbocycles. The van der Waals surface area contributed by atoms with Crippen LogP contribution in [-0.4, -0.2) is 30.1 Å². The van der Waals surface area contributed by atoms with Crippen molar-refractivity contribution in [1.29, 1.82) is 0 Å². The molecule has 1 fully saturated rings. The molecule has 1 heterocycles. The minimum Gasteiger partial charge on any atom is -0.338 e. The molecule has 1 saturated heterocycles. The molecule has 1 rings (SSSR count). The van der Waals surface area contributed by atoms with Crippen molar-refractivity contribution in [2.45, 2.75) is 45.6 Å². The average Bonchev–Trinajstić information content (AvgIpc) is 2.18. The Labute approximate surface area is 80.5 Å². The molecule has 1 unspecified atom stereocenters. The minimum atomic E-state index is 0.119. The molecule has 0 saturated carbocycles. The summed E-state index contributed by atoms with van der Waals surface area (Å²) in [6, 6.07) is 0.592. The number of urea groups is 1. The molecule has 0 radical (unpaired) electrons. The fraction of sp³-hybridized carbons (Fsp3) is 0.900. The van der Waals surface area contributed by atoms with Gasteiger partial charge in [-0.2, -0.15) is 0 Å². The quantitative estimate of drug-likeness (QED) is 0.699. The highest BCUT2D eigenvalue weighted by atomic mass is 16.2. The second kappa shape index (κ2) is 5.10. The van der Waals surface area contributed by atoms with E-state index < -0.39 is 0 Å². The molecular formula is C10H20N2O. The Balaban J connectivity index is 2.48. The lowest BCUT2D eigenvalue weighted by molar-refractivity contribution is 0.149. The first-order chi connectivity index (χ1) is 6.29. The number of amides is 2. The molecule has 76 valence electrons. The van der Waals surface area contributed by atoms with Gasteiger partial charge in [0, 0.05) is 19.1 Å². The van der Waals surface area contributed by atoms with E-state index in [-0.39, 0.29) is 6.03 Å². The van der Waals surface area contributed by atoms with Gasteiger partial charge in [0.05, 0.1) is 0 Å². The fourth-order valence-corrected chi connectivity index (χ4v) is 1.95. The van der Waals surface area contributed by atoms with Gasteiger partial charge < -0.3 is 10.2 Å². The summed E-state index contributed by atoms with van der Waals surface area (Å²) in [5.41, 5.74) is 0. The van der Waals surface area contributed by atoms with Gasteiger partial charge in [0.15, 0.2) is 0 Å². The van der Waals surface area contributed by atoms with Crippen LogP contribution >= 0.6 is 0 Å². The maximum atomic E-state index is 11.6. The van der Waals surface area contributed by atoms with Crippen LogP contribution in [-0.2, 0) is 0 Å². The van der Waals surface area contributed by atoms with E-state index >= 15 is 0 Å². The van der Waals surface area contributed by atoms with Gasteiger partial charge >= 0.3 is 6.03 Å². The van der Waals surface area contributed by atoms with Crippen LogP contribution in [0.5, 0.6) is 0 Å². The second-order valence-electron chi connectivity index (χ2n) is 3.59. The zero-order valence-electron chi connectivity index (χ0n) is 8.68. The molecule has 2 amide bonds. The Morgan fingerprint density at radius 2 is 2.23 bits per heavy atom. The first-order valence-electron chi connectivity index (χ1n) is 5.34. The van der Waals surface area contributed by atoms with Crippen LogP contribution in [0, 0.1) is 0 Å². The number of nitrogens with zero attached hydrogens (tertiary/aromatic N) is 1. The topological polar surface area (TPSA) is 32.3 Å². The summed E-state index contributed by atoms with van der Waals surface area (Å²) in [6.07, 6.45) is 4.69. The van der Waals surface area contributed by atoms with E-state index in [2.05, 4.69) is 12.2 Å². The van der Waals surface area contributed by atoms with Gasteiger partial charge in [-0.3, -0.25) is 0 Å². The average molecular weight is 184 g/mol. The van der Waals surface area contributed by atoms with Crippen LogP contribution in [0.3, 0.4) is 0 Å². The first-order valence-corrected chi connectivity index (χ1v) is 5.34. The van der Waals surface area contributed by atoms with Crippen molar-refractivity contribution in [3.05, 3.63) is 0 Å². The Morgan fingerprint density at radius 3 is 2.85 bits per heavy atom. The van der Waals surface area contributed by atoms with E-state index in [0.29, 0.717) is 6.04 Å². The number of hydrogen-bond acceptors (Lipinski definition) is 1. The summed E-state index contributed by atoms with van der Waals surface area (Å²) in [5.74, 6) is 0. The molecule has 0 aromatic heterocycles. The summed E-state index contributed by atoms with van der Waals surface area (Å²) in [5, 5.41) is 2.87. The van der Waals surface area contributed by atoms with Crippen LogP contribution in [0.2, 0.25) is 0 Å². The van der Waals surface area contributed by atoms with Gasteiger partial charge in [0.25, 0.3) is 0 Å². The Bertz CT molecular complexity index is 170. The van der Waals surface area contributed by atoms with Crippen LogP contribution < -0.4 is 5.32 Å². The van der Waals surface area contributed by atoms with Crippen LogP contribution in [0.15, 0.2) is 0 Å². The maximum Gasteiger partial charge on any atom is 0.317 e. The highest BCUT2D eigenvalue weighted by molar-refractivity contribution is 5.74. The Hall–Kier alpha value is -0.730. The van der Waals surface area contributed by atoms with Crippen LogP contribution in [0.25, 0.3) is 0 Å². The molecule has 1 N–H and O–H groups in total. The van der Waals surface area contributed by atoms with Crippen molar-refractivity contribution in [2.24, 2.45) is 0 Å². The molecule has 3 nitrogen and oxygen atoms in total. The fourth-order valence-electron chi connectivity index (χ4n) is 1.95. The molecule has 0 aromatic rings. The van der Waals surface area contributed by atoms with Crippen molar-refractivity contribution in [3.8, 4) is 0 Å². The molecular weight excluding hydrogens is 164 g/mol. The van der Waals surface area contributed by atoms with Crippen LogP contribution in [0.1, 0.15) is 39.5 Å². The number of carbonyl (C=O) groups is 1. The smallest absolute Gasteiger partial charge is 0.317 e. The summed E-state index contributed by atoms with van der Waals surface area (Å²) < 4.78 is 0. The van der Waals surface area contributed by atoms with Crippen molar-refractivity contribution in [1.82, 2.24) is 10.2 Å². The molecule has 0 aliphatic carbocycles. The van der Waals surface area contributed by atoms with Gasteiger partial charge in [-0.05, 0) is 32.6 Å². The number of piperidine rings is 1. The summed E-state index contributed by atoms with van der Waals surface area (Å²) in [6.45, 7) is 5.78. The number of carbonyl (C=O) groups excluding carboxylic acids is 1. The van der Waals surface area contributed by atoms with E-state index in [0.717, 1.165) is 25.9 Å². The molecule has 13 heavy (non-hydrogen) atoms. The lowest BCUT2D eigenvalue weighted by Crippen LogP contribution is -2.48. The van der Waals surface area contributed by atoms with E-state index in [9.17, 15) is 4.79 Å². The summed E-state index contributed by atoms with van der Waals surface area (Å²) in [7, 11) is 0. The van der Waals surface area contributed by atoms with E-state index in [1.165, 1.54) is 12.8 Å². The van der Waals surface area contributed by atoms with Crippen molar-refractivity contribution >= 4 is 6.03 Å². The second-order valence-corrected chi connectivity index (χ2v) is 3.59. The Morgan fingerprint density at radius 1 is 1.46 bits per heavy atom. The SMILES string of the molecule is CCNC(=O)N1CCCCC1CC. The minimum absolute atomic E-state index is 0.119. The lowest BCUT2D eigenvalue weighted by Gasteiger charge is -2.35. The van der Waals surface area contributed by atoms with E-state index in [4.69, 9.17) is 0 Å². The third kappa shape index (κ3) is 2.61.